The van der Waals surface area contributed by atoms with Gasteiger partial charge >= 0.3 is 0 Å². The van der Waals surface area contributed by atoms with Gasteiger partial charge in [0.15, 0.2) is 10.2 Å². The molecule has 0 saturated carbocycles. The lowest BCUT2D eigenvalue weighted by Gasteiger charge is -2.14. The summed E-state index contributed by atoms with van der Waals surface area (Å²) in [5.74, 6) is 0. The fourth-order valence-corrected chi connectivity index (χ4v) is 1.63. The van der Waals surface area contributed by atoms with E-state index in [1.807, 2.05) is 0 Å². The molecule has 0 bridgehead atoms. The molecule has 0 aromatic heterocycles. The van der Waals surface area contributed by atoms with Gasteiger partial charge < -0.3 is 15.4 Å². The smallest absolute Gasteiger partial charge is 0.292 e. The first-order valence-electron chi connectivity index (χ1n) is 5.87. The number of benzene rings is 1. The van der Waals surface area contributed by atoms with E-state index in [0.717, 1.165) is 0 Å². The number of anilines is 1. The van der Waals surface area contributed by atoms with E-state index >= 15 is 0 Å². The maximum Gasteiger partial charge on any atom is 0.292 e. The van der Waals surface area contributed by atoms with Crippen LogP contribution in [0.1, 0.15) is 0 Å². The number of hydrazine groups is 1. The number of ether oxygens (including phenoxy) is 1. The van der Waals surface area contributed by atoms with Gasteiger partial charge in [-0.15, -0.1) is 0 Å². The van der Waals surface area contributed by atoms with Crippen molar-refractivity contribution in [1.29, 1.82) is 0 Å². The fraction of sp³-hybridized carbons (Fsp3) is 0.273. The topological polar surface area (TPSA) is 100 Å². The van der Waals surface area contributed by atoms with Crippen molar-refractivity contribution in [2.24, 2.45) is 0 Å². The van der Waals surface area contributed by atoms with Gasteiger partial charge in [0.25, 0.3) is 5.69 Å². The number of hydrogen-bond donors (Lipinski definition) is 4. The minimum atomic E-state index is -0.491. The summed E-state index contributed by atoms with van der Waals surface area (Å²) in [6.07, 6.45) is 0. The number of para-hydroxylation sites is 2. The zero-order valence-electron chi connectivity index (χ0n) is 11.2. The van der Waals surface area contributed by atoms with Gasteiger partial charge in [0.2, 0.25) is 0 Å². The number of rotatable bonds is 5. The predicted molar refractivity (Wildman–Crippen MR) is 88.1 cm³/mol. The Labute approximate surface area is 132 Å². The Morgan fingerprint density at radius 3 is 2.62 bits per heavy atom. The average molecular weight is 329 g/mol. The standard InChI is InChI=1S/C11H15N5O3S2/c1-19-7-6-12-10(20)14-15-11(21)13-8-4-2-3-5-9(8)16(17)18/h2-5H,6-7H2,1H3,(H2,12,14,20)(H2,13,15,21). The highest BCUT2D eigenvalue weighted by atomic mass is 32.1. The first-order chi connectivity index (χ1) is 10.0. The number of nitro groups is 1. The van der Waals surface area contributed by atoms with Crippen molar-refractivity contribution in [3.63, 3.8) is 0 Å². The van der Waals surface area contributed by atoms with Gasteiger partial charge in [0.05, 0.1) is 11.5 Å². The van der Waals surface area contributed by atoms with Crippen molar-refractivity contribution in [2.75, 3.05) is 25.6 Å². The predicted octanol–water partition coefficient (Wildman–Crippen LogP) is 0.907. The zero-order valence-corrected chi connectivity index (χ0v) is 12.8. The molecule has 0 aliphatic carbocycles. The van der Waals surface area contributed by atoms with E-state index in [1.54, 1.807) is 25.3 Å². The second kappa shape index (κ2) is 9.00. The van der Waals surface area contributed by atoms with Gasteiger partial charge in [-0.1, -0.05) is 12.1 Å². The lowest BCUT2D eigenvalue weighted by molar-refractivity contribution is -0.383. The lowest BCUT2D eigenvalue weighted by Crippen LogP contribution is -2.48. The Kier molecular flexibility index (Phi) is 7.29. The van der Waals surface area contributed by atoms with Crippen LogP contribution in [-0.2, 0) is 4.74 Å². The molecule has 114 valence electrons. The number of methoxy groups -OCH3 is 1. The summed E-state index contributed by atoms with van der Waals surface area (Å²) in [7, 11) is 1.59. The molecule has 0 unspecified atom stereocenters. The van der Waals surface area contributed by atoms with Gasteiger partial charge in [0.1, 0.15) is 5.69 Å². The highest BCUT2D eigenvalue weighted by Gasteiger charge is 2.12. The normalized spacial score (nSPS) is 9.57. The Morgan fingerprint density at radius 1 is 1.29 bits per heavy atom. The number of nitrogens with zero attached hydrogens (tertiary/aromatic N) is 1. The van der Waals surface area contributed by atoms with E-state index in [2.05, 4.69) is 21.5 Å². The zero-order chi connectivity index (χ0) is 15.7. The van der Waals surface area contributed by atoms with E-state index in [9.17, 15) is 10.1 Å². The molecule has 10 heteroatoms. The molecule has 1 rings (SSSR count). The molecular formula is C11H15N5O3S2. The van der Waals surface area contributed by atoms with Crippen molar-refractivity contribution in [3.8, 4) is 0 Å². The first kappa shape index (κ1) is 17.0. The quantitative estimate of drug-likeness (QED) is 0.272. The van der Waals surface area contributed by atoms with E-state index in [4.69, 9.17) is 29.2 Å². The largest absolute Gasteiger partial charge is 0.383 e. The van der Waals surface area contributed by atoms with Crippen LogP contribution in [0.5, 0.6) is 0 Å². The molecule has 0 fully saturated rings. The van der Waals surface area contributed by atoms with Gasteiger partial charge in [0, 0.05) is 19.7 Å². The van der Waals surface area contributed by atoms with Crippen LogP contribution in [0, 0.1) is 10.1 Å². The third-order valence-electron chi connectivity index (χ3n) is 2.23. The van der Waals surface area contributed by atoms with Crippen LogP contribution in [0.3, 0.4) is 0 Å². The molecule has 0 atom stereocenters. The van der Waals surface area contributed by atoms with Crippen molar-refractivity contribution in [3.05, 3.63) is 34.4 Å². The molecule has 0 amide bonds. The van der Waals surface area contributed by atoms with Crippen LogP contribution < -0.4 is 21.5 Å². The second-order valence-electron chi connectivity index (χ2n) is 3.73. The van der Waals surface area contributed by atoms with Crippen LogP contribution >= 0.6 is 24.4 Å². The Balaban J connectivity index is 2.44. The molecule has 0 aliphatic heterocycles. The summed E-state index contributed by atoms with van der Waals surface area (Å²) >= 11 is 10.00. The van der Waals surface area contributed by atoms with E-state index in [1.165, 1.54) is 6.07 Å². The summed E-state index contributed by atoms with van der Waals surface area (Å²) in [5, 5.41) is 16.9. The van der Waals surface area contributed by atoms with Crippen molar-refractivity contribution < 1.29 is 9.66 Å². The molecule has 0 aliphatic rings. The first-order valence-corrected chi connectivity index (χ1v) is 6.69. The number of nitro benzene ring substituents is 1. The van der Waals surface area contributed by atoms with E-state index < -0.39 is 4.92 Å². The molecule has 4 N–H and O–H groups in total. The fourth-order valence-electron chi connectivity index (χ4n) is 1.32. The van der Waals surface area contributed by atoms with Crippen molar-refractivity contribution in [2.45, 2.75) is 0 Å². The monoisotopic (exact) mass is 329 g/mol. The summed E-state index contributed by atoms with van der Waals surface area (Å²) in [5.41, 5.74) is 5.50. The highest BCUT2D eigenvalue weighted by molar-refractivity contribution is 7.80. The van der Waals surface area contributed by atoms with Crippen molar-refractivity contribution >= 4 is 46.0 Å². The number of thiocarbonyl (C=S) groups is 2. The highest BCUT2D eigenvalue weighted by Crippen LogP contribution is 2.22. The molecule has 1 aromatic rings. The minimum Gasteiger partial charge on any atom is -0.383 e. The number of hydrogen-bond acceptors (Lipinski definition) is 5. The van der Waals surface area contributed by atoms with Crippen molar-refractivity contribution in [1.82, 2.24) is 16.2 Å². The number of nitrogens with one attached hydrogen (secondary N) is 4. The Hall–Kier alpha value is -2.04. The third-order valence-corrected chi connectivity index (χ3v) is 2.68. The van der Waals surface area contributed by atoms with Crippen LogP contribution in [0.15, 0.2) is 24.3 Å². The average Bonchev–Trinajstić information content (AvgIpc) is 2.46. The molecule has 1 aromatic carbocycles. The molecule has 8 nitrogen and oxygen atoms in total. The van der Waals surface area contributed by atoms with Crippen LogP contribution in [0.2, 0.25) is 0 Å². The minimum absolute atomic E-state index is 0.0672. The second-order valence-corrected chi connectivity index (χ2v) is 4.54. The van der Waals surface area contributed by atoms with Crippen LogP contribution in [0.25, 0.3) is 0 Å². The Bertz CT molecular complexity index is 526. The third kappa shape index (κ3) is 6.29. The maximum atomic E-state index is 10.9. The van der Waals surface area contributed by atoms with Gasteiger partial charge in [-0.2, -0.15) is 0 Å². The summed E-state index contributed by atoms with van der Waals surface area (Å²) < 4.78 is 4.86. The van der Waals surface area contributed by atoms with E-state index in [0.29, 0.717) is 24.0 Å². The molecule has 0 heterocycles. The summed E-state index contributed by atoms with van der Waals surface area (Å²) in [6.45, 7) is 1.06. The lowest BCUT2D eigenvalue weighted by atomic mass is 10.3. The SMILES string of the molecule is COCCNC(=S)NNC(=S)Nc1ccccc1[N+](=O)[O-]. The molecule has 0 saturated heterocycles. The molecule has 21 heavy (non-hydrogen) atoms. The van der Waals surface area contributed by atoms with Gasteiger partial charge in [-0.3, -0.25) is 21.0 Å². The molecular weight excluding hydrogens is 314 g/mol. The van der Waals surface area contributed by atoms with Gasteiger partial charge in [-0.05, 0) is 30.5 Å². The summed E-state index contributed by atoms with van der Waals surface area (Å²) in [4.78, 5) is 10.4. The van der Waals surface area contributed by atoms with Gasteiger partial charge in [-0.25, -0.2) is 0 Å². The van der Waals surface area contributed by atoms with Crippen LogP contribution in [0.4, 0.5) is 11.4 Å². The van der Waals surface area contributed by atoms with E-state index in [-0.39, 0.29) is 10.8 Å². The Morgan fingerprint density at radius 2 is 1.95 bits per heavy atom. The maximum absolute atomic E-state index is 10.9. The molecule has 0 radical (unpaired) electrons. The summed E-state index contributed by atoms with van der Waals surface area (Å²) in [6, 6.07) is 6.19. The van der Waals surface area contributed by atoms with Crippen LogP contribution in [-0.4, -0.2) is 35.4 Å². The molecule has 0 spiro atoms.